The summed E-state index contributed by atoms with van der Waals surface area (Å²) in [6, 6.07) is 0. The molecule has 0 saturated carbocycles. The van der Waals surface area contributed by atoms with E-state index in [1.165, 1.54) is 6.08 Å². The predicted molar refractivity (Wildman–Crippen MR) is 45.3 cm³/mol. The van der Waals surface area contributed by atoms with E-state index in [2.05, 4.69) is 6.58 Å². The molecular weight excluding hydrogens is 140 g/mol. The van der Waals surface area contributed by atoms with Crippen LogP contribution in [0.5, 0.6) is 0 Å². The van der Waals surface area contributed by atoms with E-state index < -0.39 is 0 Å². The van der Waals surface area contributed by atoms with Crippen molar-refractivity contribution in [2.75, 3.05) is 0 Å². The second-order valence-electron chi connectivity index (χ2n) is 2.18. The quantitative estimate of drug-likeness (QED) is 0.380. The molecule has 0 amide bonds. The third kappa shape index (κ3) is 6.58. The van der Waals surface area contributed by atoms with Crippen LogP contribution in [0, 0.1) is 0 Å². The summed E-state index contributed by atoms with van der Waals surface area (Å²) >= 11 is 0. The number of hydrogen-bond acceptors (Lipinski definition) is 2. The lowest BCUT2D eigenvalue weighted by molar-refractivity contribution is -0.107. The summed E-state index contributed by atoms with van der Waals surface area (Å²) in [4.78, 5) is 9.87. The van der Waals surface area contributed by atoms with Crippen LogP contribution >= 0.6 is 0 Å². The van der Waals surface area contributed by atoms with Gasteiger partial charge in [0, 0.05) is 6.42 Å². The van der Waals surface area contributed by atoms with Gasteiger partial charge < -0.3 is 9.90 Å². The first kappa shape index (κ1) is 9.69. The van der Waals surface area contributed by atoms with Gasteiger partial charge in [-0.3, -0.25) is 0 Å². The molecular formula is C9H12O2. The second kappa shape index (κ2) is 5.47. The van der Waals surface area contributed by atoms with Crippen molar-refractivity contribution in [3.05, 3.63) is 36.1 Å². The Morgan fingerprint density at radius 2 is 2.27 bits per heavy atom. The molecule has 11 heavy (non-hydrogen) atoms. The monoisotopic (exact) mass is 152 g/mol. The van der Waals surface area contributed by atoms with Crippen LogP contribution in [0.25, 0.3) is 0 Å². The van der Waals surface area contributed by atoms with Gasteiger partial charge in [-0.25, -0.2) is 0 Å². The molecule has 0 aliphatic carbocycles. The number of rotatable bonds is 4. The first-order valence-corrected chi connectivity index (χ1v) is 3.33. The third-order valence-corrected chi connectivity index (χ3v) is 1.01. The fraction of sp³-hybridized carbons (Fsp3) is 0.222. The molecule has 0 aromatic rings. The SMILES string of the molecule is C=C(O)/C=C(C)\C=C/CC=O. The van der Waals surface area contributed by atoms with Gasteiger partial charge in [-0.1, -0.05) is 18.7 Å². The summed E-state index contributed by atoms with van der Waals surface area (Å²) in [5.41, 5.74) is 0.874. The number of allylic oxidation sites excluding steroid dienone is 4. The van der Waals surface area contributed by atoms with Crippen molar-refractivity contribution in [1.29, 1.82) is 0 Å². The highest BCUT2D eigenvalue weighted by Gasteiger charge is 1.82. The molecule has 0 radical (unpaired) electrons. The van der Waals surface area contributed by atoms with E-state index in [0.717, 1.165) is 11.9 Å². The molecule has 0 heterocycles. The normalized spacial score (nSPS) is 11.9. The molecule has 0 atom stereocenters. The van der Waals surface area contributed by atoms with Crippen molar-refractivity contribution in [3.8, 4) is 0 Å². The highest BCUT2D eigenvalue weighted by atomic mass is 16.3. The zero-order valence-electron chi connectivity index (χ0n) is 6.58. The van der Waals surface area contributed by atoms with Gasteiger partial charge in [0.05, 0.1) is 0 Å². The largest absolute Gasteiger partial charge is 0.509 e. The van der Waals surface area contributed by atoms with Crippen molar-refractivity contribution in [3.63, 3.8) is 0 Å². The van der Waals surface area contributed by atoms with Gasteiger partial charge in [0.25, 0.3) is 0 Å². The fourth-order valence-electron chi connectivity index (χ4n) is 0.620. The summed E-state index contributed by atoms with van der Waals surface area (Å²) in [5.74, 6) is 0.0262. The van der Waals surface area contributed by atoms with Crippen LogP contribution in [0.3, 0.4) is 0 Å². The average molecular weight is 152 g/mol. The molecule has 0 unspecified atom stereocenters. The number of carbonyl (C=O) groups excluding carboxylic acids is 1. The summed E-state index contributed by atoms with van der Waals surface area (Å²) < 4.78 is 0. The Morgan fingerprint density at radius 3 is 2.73 bits per heavy atom. The molecule has 60 valence electrons. The van der Waals surface area contributed by atoms with Crippen LogP contribution in [0.4, 0.5) is 0 Å². The third-order valence-electron chi connectivity index (χ3n) is 1.01. The highest BCUT2D eigenvalue weighted by Crippen LogP contribution is 1.98. The van der Waals surface area contributed by atoms with E-state index in [9.17, 15) is 4.79 Å². The van der Waals surface area contributed by atoms with Crippen molar-refractivity contribution < 1.29 is 9.90 Å². The van der Waals surface area contributed by atoms with Gasteiger partial charge in [0.2, 0.25) is 0 Å². The fourth-order valence-corrected chi connectivity index (χ4v) is 0.620. The molecule has 0 fully saturated rings. The Balaban J connectivity index is 3.94. The number of aldehydes is 1. The van der Waals surface area contributed by atoms with E-state index in [1.807, 2.05) is 6.92 Å². The molecule has 0 spiro atoms. The lowest BCUT2D eigenvalue weighted by Gasteiger charge is -1.89. The van der Waals surface area contributed by atoms with E-state index >= 15 is 0 Å². The summed E-state index contributed by atoms with van der Waals surface area (Å²) in [7, 11) is 0. The van der Waals surface area contributed by atoms with Gasteiger partial charge >= 0.3 is 0 Å². The van der Waals surface area contributed by atoms with E-state index in [-0.39, 0.29) is 5.76 Å². The molecule has 2 nitrogen and oxygen atoms in total. The second-order valence-corrected chi connectivity index (χ2v) is 2.18. The molecule has 0 aliphatic heterocycles. The first-order valence-electron chi connectivity index (χ1n) is 3.33. The Bertz CT molecular complexity index is 200. The molecule has 0 aromatic heterocycles. The first-order chi connectivity index (χ1) is 5.16. The summed E-state index contributed by atoms with van der Waals surface area (Å²) in [6.07, 6.45) is 6.24. The molecule has 1 N–H and O–H groups in total. The van der Waals surface area contributed by atoms with Gasteiger partial charge in [-0.05, 0) is 18.6 Å². The van der Waals surface area contributed by atoms with Gasteiger partial charge in [0.15, 0.2) is 0 Å². The number of carbonyl (C=O) groups is 1. The van der Waals surface area contributed by atoms with E-state index in [0.29, 0.717) is 6.42 Å². The Morgan fingerprint density at radius 1 is 1.64 bits per heavy atom. The molecule has 0 aliphatic rings. The maximum Gasteiger partial charge on any atom is 0.123 e. The van der Waals surface area contributed by atoms with Crippen LogP contribution in [0.15, 0.2) is 36.1 Å². The van der Waals surface area contributed by atoms with Crippen molar-refractivity contribution >= 4 is 6.29 Å². The van der Waals surface area contributed by atoms with Crippen molar-refractivity contribution in [1.82, 2.24) is 0 Å². The van der Waals surface area contributed by atoms with Crippen LogP contribution in [0.1, 0.15) is 13.3 Å². The van der Waals surface area contributed by atoms with E-state index in [4.69, 9.17) is 5.11 Å². The van der Waals surface area contributed by atoms with Crippen molar-refractivity contribution in [2.24, 2.45) is 0 Å². The zero-order valence-corrected chi connectivity index (χ0v) is 6.58. The minimum atomic E-state index is 0.0262. The molecule has 2 heteroatoms. The molecule has 0 saturated heterocycles. The zero-order chi connectivity index (χ0) is 8.69. The number of hydrogen-bond donors (Lipinski definition) is 1. The maximum absolute atomic E-state index is 9.87. The smallest absolute Gasteiger partial charge is 0.123 e. The Kier molecular flexibility index (Phi) is 4.82. The average Bonchev–Trinajstić information content (AvgIpc) is 1.86. The highest BCUT2D eigenvalue weighted by molar-refractivity contribution is 5.52. The summed E-state index contributed by atoms with van der Waals surface area (Å²) in [5, 5.41) is 8.71. The number of aliphatic hydroxyl groups is 1. The van der Waals surface area contributed by atoms with E-state index in [1.54, 1.807) is 12.2 Å². The van der Waals surface area contributed by atoms with Crippen LogP contribution in [-0.4, -0.2) is 11.4 Å². The van der Waals surface area contributed by atoms with Gasteiger partial charge in [-0.2, -0.15) is 0 Å². The van der Waals surface area contributed by atoms with Crippen LogP contribution in [-0.2, 0) is 4.79 Å². The minimum Gasteiger partial charge on any atom is -0.509 e. The van der Waals surface area contributed by atoms with Crippen molar-refractivity contribution in [2.45, 2.75) is 13.3 Å². The lowest BCUT2D eigenvalue weighted by atomic mass is 10.2. The lowest BCUT2D eigenvalue weighted by Crippen LogP contribution is -1.73. The molecule has 0 rings (SSSR count). The summed E-state index contributed by atoms with van der Waals surface area (Å²) in [6.45, 7) is 5.12. The molecule has 0 bridgehead atoms. The maximum atomic E-state index is 9.87. The standard InChI is InChI=1S/C9H12O2/c1-8(7-9(2)11)5-3-4-6-10/h3,5-7,11H,2,4H2,1H3/b5-3-,8-7-. The van der Waals surface area contributed by atoms with Crippen LogP contribution < -0.4 is 0 Å². The van der Waals surface area contributed by atoms with Gasteiger partial charge in [-0.15, -0.1) is 0 Å². The minimum absolute atomic E-state index is 0.0262. The molecule has 0 aromatic carbocycles. The Labute approximate surface area is 66.5 Å². The predicted octanol–water partition coefficient (Wildman–Crippen LogP) is 2.15. The number of aliphatic hydroxyl groups excluding tert-OH is 1. The van der Waals surface area contributed by atoms with Gasteiger partial charge in [0.1, 0.15) is 12.0 Å². The van der Waals surface area contributed by atoms with Crippen LogP contribution in [0.2, 0.25) is 0 Å². The topological polar surface area (TPSA) is 37.3 Å². The Hall–Kier alpha value is -1.31.